The van der Waals surface area contributed by atoms with Gasteiger partial charge in [-0.15, -0.1) is 0 Å². The summed E-state index contributed by atoms with van der Waals surface area (Å²) in [5, 5.41) is 7.30. The highest BCUT2D eigenvalue weighted by molar-refractivity contribution is 6.14. The van der Waals surface area contributed by atoms with Gasteiger partial charge in [0.25, 0.3) is 0 Å². The molecule has 0 saturated heterocycles. The van der Waals surface area contributed by atoms with Gasteiger partial charge in [0.15, 0.2) is 17.5 Å². The summed E-state index contributed by atoms with van der Waals surface area (Å²) in [6.07, 6.45) is 2.34. The first kappa shape index (κ1) is 36.5. The van der Waals surface area contributed by atoms with Crippen molar-refractivity contribution in [2.75, 3.05) is 0 Å². The van der Waals surface area contributed by atoms with Crippen LogP contribution in [-0.4, -0.2) is 19.5 Å². The first-order valence-electron chi connectivity index (χ1n) is 21.6. The van der Waals surface area contributed by atoms with Crippen LogP contribution in [0.5, 0.6) is 0 Å². The number of aromatic nitrogens is 4. The summed E-state index contributed by atoms with van der Waals surface area (Å²) in [6.45, 7) is 9.64. The topological polar surface area (TPSA) is 56.7 Å². The minimum atomic E-state index is 0.0879. The minimum Gasteiger partial charge on any atom is -0.455 e. The highest BCUT2D eigenvalue weighted by Crippen LogP contribution is 2.49. The molecule has 0 atom stereocenters. The Morgan fingerprint density at radius 3 is 1.65 bits per heavy atom. The van der Waals surface area contributed by atoms with Gasteiger partial charge in [-0.2, -0.15) is 0 Å². The number of nitrogens with zero attached hydrogens (tertiary/aromatic N) is 4. The van der Waals surface area contributed by atoms with Crippen LogP contribution in [0.2, 0.25) is 0 Å². The van der Waals surface area contributed by atoms with Crippen molar-refractivity contribution in [2.45, 2.75) is 51.4 Å². The van der Waals surface area contributed by atoms with Gasteiger partial charge in [0.2, 0.25) is 0 Å². The molecule has 298 valence electrons. The number of rotatable bonds is 5. The summed E-state index contributed by atoms with van der Waals surface area (Å²) in [5.74, 6) is 1.88. The van der Waals surface area contributed by atoms with E-state index in [0.717, 1.165) is 55.4 Å². The minimum absolute atomic E-state index is 0.0879. The van der Waals surface area contributed by atoms with Crippen LogP contribution in [-0.2, 0) is 10.8 Å². The van der Waals surface area contributed by atoms with E-state index in [0.29, 0.717) is 17.5 Å². The third kappa shape index (κ3) is 5.79. The van der Waals surface area contributed by atoms with Crippen molar-refractivity contribution in [3.63, 3.8) is 0 Å². The van der Waals surface area contributed by atoms with Crippen LogP contribution in [0.4, 0.5) is 0 Å². The molecule has 0 fully saturated rings. The van der Waals surface area contributed by atoms with Crippen LogP contribution in [0.15, 0.2) is 174 Å². The Bertz CT molecular complexity index is 3560. The summed E-state index contributed by atoms with van der Waals surface area (Å²) in [6, 6.07) is 60.4. The van der Waals surface area contributed by atoms with Crippen molar-refractivity contribution < 1.29 is 4.42 Å². The van der Waals surface area contributed by atoms with Crippen LogP contribution in [0.25, 0.3) is 105 Å². The van der Waals surface area contributed by atoms with Crippen molar-refractivity contribution >= 4 is 54.5 Å². The number of para-hydroxylation sites is 2. The molecule has 1 aliphatic carbocycles. The molecular formula is C57H44N4O. The van der Waals surface area contributed by atoms with Gasteiger partial charge >= 0.3 is 0 Å². The largest absolute Gasteiger partial charge is 0.455 e. The standard InChI is InChI=1S/C57H44N4O/c1-56(2)29-30-57(3,4)48-34-50-46(33-47(48)56)45-31-39-15-8-9-16-40(39)32-49(45)61(50)41-27-25-38(26-28-41)55-59-53(36-13-6-5-7-14-36)58-54(60-55)37-23-21-35(22-24-37)42-18-12-19-44-43-17-10-11-20-51(43)62-52(42)44/h5-28,31-34H,29-30H2,1-4H3. The predicted octanol–water partition coefficient (Wildman–Crippen LogP) is 15.0. The van der Waals surface area contributed by atoms with E-state index in [-0.39, 0.29) is 10.8 Å². The van der Waals surface area contributed by atoms with Crippen LogP contribution in [0, 0.1) is 0 Å². The van der Waals surface area contributed by atoms with Gasteiger partial charge in [-0.3, -0.25) is 0 Å². The Labute approximate surface area is 360 Å². The van der Waals surface area contributed by atoms with Gasteiger partial charge in [-0.1, -0.05) is 143 Å². The molecule has 1 aliphatic rings. The van der Waals surface area contributed by atoms with E-state index in [9.17, 15) is 0 Å². The van der Waals surface area contributed by atoms with E-state index < -0.39 is 0 Å². The van der Waals surface area contributed by atoms with E-state index in [4.69, 9.17) is 19.4 Å². The van der Waals surface area contributed by atoms with E-state index in [2.05, 4.69) is 172 Å². The third-order valence-corrected chi connectivity index (χ3v) is 13.5. The van der Waals surface area contributed by atoms with Crippen LogP contribution in [0.1, 0.15) is 51.7 Å². The molecule has 12 rings (SSSR count). The molecule has 3 heterocycles. The molecular weight excluding hydrogens is 757 g/mol. The van der Waals surface area contributed by atoms with Crippen molar-refractivity contribution in [1.82, 2.24) is 19.5 Å². The molecule has 0 radical (unpaired) electrons. The molecule has 3 aromatic heterocycles. The third-order valence-electron chi connectivity index (χ3n) is 13.5. The quantitative estimate of drug-likeness (QED) is 0.174. The first-order chi connectivity index (χ1) is 30.2. The Kier molecular flexibility index (Phi) is 7.98. The van der Waals surface area contributed by atoms with Crippen LogP contribution < -0.4 is 0 Å². The lowest BCUT2D eigenvalue weighted by Gasteiger charge is -2.42. The van der Waals surface area contributed by atoms with Gasteiger partial charge in [-0.05, 0) is 106 Å². The summed E-state index contributed by atoms with van der Waals surface area (Å²) in [4.78, 5) is 15.3. The normalized spacial score (nSPS) is 14.6. The highest BCUT2D eigenvalue weighted by atomic mass is 16.3. The average Bonchev–Trinajstić information content (AvgIpc) is 3.85. The van der Waals surface area contributed by atoms with Crippen LogP contribution in [0.3, 0.4) is 0 Å². The molecule has 0 N–H and O–H groups in total. The number of benzene rings is 8. The lowest BCUT2D eigenvalue weighted by molar-refractivity contribution is 0.332. The zero-order chi connectivity index (χ0) is 41.7. The van der Waals surface area contributed by atoms with Crippen molar-refractivity contribution in [3.05, 3.63) is 181 Å². The van der Waals surface area contributed by atoms with Gasteiger partial charge in [0, 0.05) is 49.5 Å². The molecule has 0 spiro atoms. The smallest absolute Gasteiger partial charge is 0.164 e. The summed E-state index contributed by atoms with van der Waals surface area (Å²) in [5.41, 5.74) is 13.3. The van der Waals surface area contributed by atoms with E-state index >= 15 is 0 Å². The SMILES string of the molecule is CC1(C)CCC(C)(C)c2cc3c(cc21)c1cc2ccccc2cc1n3-c1ccc(-c2nc(-c3ccccc3)nc(-c3ccc(-c4cccc5c4oc4ccccc45)cc3)n2)cc1. The lowest BCUT2D eigenvalue weighted by Crippen LogP contribution is -2.33. The molecule has 11 aromatic rings. The number of furan rings is 1. The lowest BCUT2D eigenvalue weighted by atomic mass is 9.63. The molecule has 62 heavy (non-hydrogen) atoms. The van der Waals surface area contributed by atoms with Crippen molar-refractivity contribution in [2.24, 2.45) is 0 Å². The Balaban J connectivity index is 0.978. The summed E-state index contributed by atoms with van der Waals surface area (Å²) >= 11 is 0. The molecule has 5 nitrogen and oxygen atoms in total. The van der Waals surface area contributed by atoms with Gasteiger partial charge in [0.1, 0.15) is 11.2 Å². The Morgan fingerprint density at radius 2 is 0.952 bits per heavy atom. The molecule has 0 aliphatic heterocycles. The van der Waals surface area contributed by atoms with Gasteiger partial charge in [-0.25, -0.2) is 15.0 Å². The second-order valence-corrected chi connectivity index (χ2v) is 18.3. The fourth-order valence-electron chi connectivity index (χ4n) is 9.92. The Morgan fingerprint density at radius 1 is 0.435 bits per heavy atom. The fraction of sp³-hybridized carbons (Fsp3) is 0.140. The van der Waals surface area contributed by atoms with Crippen molar-refractivity contribution in [3.8, 4) is 51.0 Å². The predicted molar refractivity (Wildman–Crippen MR) is 256 cm³/mol. The number of fused-ring (bicyclic) bond motifs is 8. The Hall–Kier alpha value is -7.37. The zero-order valence-electron chi connectivity index (χ0n) is 35.3. The number of hydrogen-bond donors (Lipinski definition) is 0. The highest BCUT2D eigenvalue weighted by Gasteiger charge is 2.38. The van der Waals surface area contributed by atoms with E-state index in [1.807, 2.05) is 30.3 Å². The first-order valence-corrected chi connectivity index (χ1v) is 21.6. The maximum absolute atomic E-state index is 6.38. The van der Waals surface area contributed by atoms with Crippen molar-refractivity contribution in [1.29, 1.82) is 0 Å². The molecule has 0 bridgehead atoms. The van der Waals surface area contributed by atoms with E-state index in [1.165, 1.54) is 56.5 Å². The maximum atomic E-state index is 6.38. The fourth-order valence-corrected chi connectivity index (χ4v) is 9.92. The van der Waals surface area contributed by atoms with E-state index in [1.54, 1.807) is 0 Å². The monoisotopic (exact) mass is 800 g/mol. The maximum Gasteiger partial charge on any atom is 0.164 e. The van der Waals surface area contributed by atoms with Gasteiger partial charge < -0.3 is 8.98 Å². The molecule has 5 heteroatoms. The number of hydrogen-bond acceptors (Lipinski definition) is 4. The molecule has 0 saturated carbocycles. The molecule has 8 aromatic carbocycles. The molecule has 0 amide bonds. The van der Waals surface area contributed by atoms with Gasteiger partial charge in [0.05, 0.1) is 11.0 Å². The summed E-state index contributed by atoms with van der Waals surface area (Å²) in [7, 11) is 0. The summed E-state index contributed by atoms with van der Waals surface area (Å²) < 4.78 is 8.84. The van der Waals surface area contributed by atoms with Crippen LogP contribution >= 0.6 is 0 Å². The average molecular weight is 801 g/mol. The second-order valence-electron chi connectivity index (χ2n) is 18.3. The second kappa shape index (κ2) is 13.6. The molecule has 0 unspecified atom stereocenters. The zero-order valence-corrected chi connectivity index (χ0v) is 35.3.